The molecule has 1 fully saturated rings. The molecule has 0 aliphatic heterocycles. The van der Waals surface area contributed by atoms with E-state index in [-0.39, 0.29) is 0 Å². The summed E-state index contributed by atoms with van der Waals surface area (Å²) >= 11 is 0. The molecule has 146 valence electrons. The Morgan fingerprint density at radius 2 is 1.96 bits per heavy atom. The molecule has 28 heavy (non-hydrogen) atoms. The lowest BCUT2D eigenvalue weighted by atomic mass is 9.86. The van der Waals surface area contributed by atoms with E-state index >= 15 is 0 Å². The Balaban J connectivity index is 2.02. The summed E-state index contributed by atoms with van der Waals surface area (Å²) in [5.41, 5.74) is 7.25. The van der Waals surface area contributed by atoms with E-state index in [4.69, 9.17) is 4.98 Å². The summed E-state index contributed by atoms with van der Waals surface area (Å²) in [6.07, 6.45) is 16.6. The molecule has 2 aliphatic rings. The lowest BCUT2D eigenvalue weighted by molar-refractivity contribution is 0.683. The maximum absolute atomic E-state index is 5.27. The summed E-state index contributed by atoms with van der Waals surface area (Å²) in [4.78, 5) is 9.20. The molecule has 0 unspecified atom stereocenters. The van der Waals surface area contributed by atoms with Crippen LogP contribution in [0.4, 0.5) is 0 Å². The monoisotopic (exact) mass is 376 g/mol. The molecule has 6 heteroatoms. The van der Waals surface area contributed by atoms with Gasteiger partial charge in [0.2, 0.25) is 0 Å². The first-order valence-corrected chi connectivity index (χ1v) is 10.4. The van der Waals surface area contributed by atoms with E-state index in [0.717, 1.165) is 29.8 Å². The number of fused-ring (bicyclic) bond motifs is 1. The number of aryl methyl sites for hydroxylation is 1. The van der Waals surface area contributed by atoms with Gasteiger partial charge in [-0.2, -0.15) is 0 Å². The zero-order chi connectivity index (χ0) is 19.3. The van der Waals surface area contributed by atoms with Crippen LogP contribution in [0.15, 0.2) is 23.3 Å². The molecular weight excluding hydrogens is 348 g/mol. The van der Waals surface area contributed by atoms with Gasteiger partial charge in [0.15, 0.2) is 5.82 Å². The largest absolute Gasteiger partial charge is 0.272 e. The van der Waals surface area contributed by atoms with Crippen LogP contribution >= 0.6 is 0 Å². The van der Waals surface area contributed by atoms with Crippen LogP contribution in [0.2, 0.25) is 0 Å². The Kier molecular flexibility index (Phi) is 5.74. The Labute approximate surface area is 166 Å². The molecule has 2 aromatic heterocycles. The summed E-state index contributed by atoms with van der Waals surface area (Å²) in [6.45, 7) is 5.67. The number of allylic oxidation sites excluding steroid dienone is 3. The fourth-order valence-electron chi connectivity index (χ4n) is 4.71. The normalized spacial score (nSPS) is 18.4. The van der Waals surface area contributed by atoms with Crippen molar-refractivity contribution in [1.29, 1.82) is 0 Å². The van der Waals surface area contributed by atoms with Gasteiger partial charge < -0.3 is 0 Å². The van der Waals surface area contributed by atoms with Crippen molar-refractivity contribution >= 4 is 12.3 Å². The topological polar surface area (TPSA) is 79.7 Å². The lowest BCUT2D eigenvalue weighted by Crippen LogP contribution is -2.11. The van der Waals surface area contributed by atoms with Crippen molar-refractivity contribution in [3.05, 3.63) is 40.9 Å². The number of tetrazole rings is 1. The van der Waals surface area contributed by atoms with Crippen molar-refractivity contribution in [1.82, 2.24) is 25.6 Å². The zero-order valence-electron chi connectivity index (χ0n) is 16.6. The first-order valence-electron chi connectivity index (χ1n) is 10.4. The van der Waals surface area contributed by atoms with Crippen LogP contribution in [0.1, 0.15) is 80.3 Å². The Hall–Kier alpha value is -2.63. The average molecular weight is 377 g/mol. The van der Waals surface area contributed by atoms with Gasteiger partial charge in [0, 0.05) is 17.8 Å². The first kappa shape index (κ1) is 18.7. The van der Waals surface area contributed by atoms with Crippen LogP contribution in [0.25, 0.3) is 17.0 Å². The number of hydrogen-bond donors (Lipinski definition) is 1. The standard InChI is InChI=1S/C22H28N6/c1-3-15(13-14-23-2)19-17-11-5-4-6-12-18(17)24-21(16-9-7-8-10-16)20(19)22-25-27-28-26-22/h3,13-14,16H,2,4-12H2,1H3,(H,25,26,27,28)/b14-13-,15-3+. The minimum Gasteiger partial charge on any atom is -0.272 e. The number of hydrogen-bond acceptors (Lipinski definition) is 5. The number of nitrogens with zero attached hydrogens (tertiary/aromatic N) is 5. The molecular formula is C22H28N6. The second-order valence-electron chi connectivity index (χ2n) is 7.71. The number of pyridine rings is 1. The van der Waals surface area contributed by atoms with Crippen molar-refractivity contribution in [3.8, 4) is 11.4 Å². The minimum absolute atomic E-state index is 0.479. The molecule has 0 radical (unpaired) electrons. The molecule has 0 aromatic carbocycles. The number of H-pyrrole nitrogens is 1. The molecule has 0 amide bonds. The van der Waals surface area contributed by atoms with E-state index in [2.05, 4.69) is 45.3 Å². The zero-order valence-corrected chi connectivity index (χ0v) is 16.6. The van der Waals surface area contributed by atoms with Crippen molar-refractivity contribution in [2.45, 2.75) is 70.6 Å². The van der Waals surface area contributed by atoms with E-state index in [0.29, 0.717) is 5.92 Å². The van der Waals surface area contributed by atoms with Gasteiger partial charge in [0.05, 0.1) is 11.3 Å². The van der Waals surface area contributed by atoms with Crippen molar-refractivity contribution in [2.24, 2.45) is 4.99 Å². The highest BCUT2D eigenvalue weighted by atomic mass is 15.5. The number of aromatic amines is 1. The fourth-order valence-corrected chi connectivity index (χ4v) is 4.71. The van der Waals surface area contributed by atoms with Crippen LogP contribution in [0, 0.1) is 0 Å². The highest BCUT2D eigenvalue weighted by Crippen LogP contribution is 2.43. The maximum Gasteiger partial charge on any atom is 0.181 e. The van der Waals surface area contributed by atoms with Crippen LogP contribution in [-0.2, 0) is 12.8 Å². The van der Waals surface area contributed by atoms with Crippen molar-refractivity contribution < 1.29 is 0 Å². The predicted molar refractivity (Wildman–Crippen MR) is 112 cm³/mol. The third-order valence-electron chi connectivity index (χ3n) is 6.04. The third kappa shape index (κ3) is 3.55. The predicted octanol–water partition coefficient (Wildman–Crippen LogP) is 4.81. The van der Waals surface area contributed by atoms with Crippen molar-refractivity contribution in [2.75, 3.05) is 0 Å². The van der Waals surface area contributed by atoms with Gasteiger partial charge >= 0.3 is 0 Å². The second kappa shape index (κ2) is 8.59. The van der Waals surface area contributed by atoms with Gasteiger partial charge in [-0.3, -0.25) is 9.98 Å². The Morgan fingerprint density at radius 3 is 2.68 bits per heavy atom. The number of aliphatic imine (C=N–C) groups is 1. The highest BCUT2D eigenvalue weighted by Gasteiger charge is 2.30. The molecule has 6 nitrogen and oxygen atoms in total. The third-order valence-corrected chi connectivity index (χ3v) is 6.04. The fraction of sp³-hybridized carbons (Fsp3) is 0.500. The summed E-state index contributed by atoms with van der Waals surface area (Å²) in [6, 6.07) is 0. The van der Waals surface area contributed by atoms with E-state index < -0.39 is 0 Å². The van der Waals surface area contributed by atoms with Gasteiger partial charge in [-0.25, -0.2) is 5.10 Å². The first-order chi connectivity index (χ1) is 13.8. The number of nitrogens with one attached hydrogen (secondary N) is 1. The molecule has 0 spiro atoms. The van der Waals surface area contributed by atoms with E-state index in [1.807, 2.05) is 6.08 Å². The average Bonchev–Trinajstić information content (AvgIpc) is 3.39. The molecule has 0 atom stereocenters. The number of rotatable bonds is 5. The summed E-state index contributed by atoms with van der Waals surface area (Å²) in [5, 5.41) is 15.1. The molecule has 2 aliphatic carbocycles. The number of aromatic nitrogens is 5. The molecule has 2 heterocycles. The van der Waals surface area contributed by atoms with E-state index in [1.54, 1.807) is 6.20 Å². The SMILES string of the molecule is C=N/C=C\C(=C/C)c1c2c(nc(C3CCCC3)c1-c1nnn[nH]1)CCCCC2. The van der Waals surface area contributed by atoms with Gasteiger partial charge in [0.25, 0.3) is 0 Å². The van der Waals surface area contributed by atoms with Crippen LogP contribution in [-0.4, -0.2) is 32.3 Å². The van der Waals surface area contributed by atoms with E-state index in [1.165, 1.54) is 67.5 Å². The maximum atomic E-state index is 5.27. The van der Waals surface area contributed by atoms with Gasteiger partial charge in [-0.05, 0) is 85.4 Å². The van der Waals surface area contributed by atoms with Gasteiger partial charge in [0.1, 0.15) is 0 Å². The van der Waals surface area contributed by atoms with Gasteiger partial charge in [-0.15, -0.1) is 5.10 Å². The summed E-state index contributed by atoms with van der Waals surface area (Å²) < 4.78 is 0. The summed E-state index contributed by atoms with van der Waals surface area (Å²) in [7, 11) is 0. The van der Waals surface area contributed by atoms with Crippen molar-refractivity contribution in [3.63, 3.8) is 0 Å². The van der Waals surface area contributed by atoms with Crippen LogP contribution < -0.4 is 0 Å². The molecule has 1 N–H and O–H groups in total. The lowest BCUT2D eigenvalue weighted by Gasteiger charge is -2.22. The molecule has 4 rings (SSSR count). The minimum atomic E-state index is 0.479. The molecule has 0 bridgehead atoms. The smallest absolute Gasteiger partial charge is 0.181 e. The van der Waals surface area contributed by atoms with Crippen LogP contribution in [0.3, 0.4) is 0 Å². The van der Waals surface area contributed by atoms with E-state index in [9.17, 15) is 0 Å². The highest BCUT2D eigenvalue weighted by molar-refractivity contribution is 5.87. The Morgan fingerprint density at radius 1 is 1.14 bits per heavy atom. The van der Waals surface area contributed by atoms with Crippen LogP contribution in [0.5, 0.6) is 0 Å². The molecule has 1 saturated carbocycles. The summed E-state index contributed by atoms with van der Waals surface area (Å²) in [5.74, 6) is 1.20. The molecule has 0 saturated heterocycles. The van der Waals surface area contributed by atoms with Gasteiger partial charge in [-0.1, -0.05) is 25.3 Å². The molecule has 2 aromatic rings. The second-order valence-corrected chi connectivity index (χ2v) is 7.71. The Bertz CT molecular complexity index is 888. The quantitative estimate of drug-likeness (QED) is 0.461.